The summed E-state index contributed by atoms with van der Waals surface area (Å²) >= 11 is 0. The molecule has 4 nitrogen and oxygen atoms in total. The molecule has 0 saturated carbocycles. The van der Waals surface area contributed by atoms with Crippen molar-refractivity contribution in [2.45, 2.75) is 9.79 Å². The summed E-state index contributed by atoms with van der Waals surface area (Å²) in [7, 11) is -4.11. The molecule has 0 heterocycles. The van der Waals surface area contributed by atoms with E-state index in [9.17, 15) is 18.0 Å². The van der Waals surface area contributed by atoms with Gasteiger partial charge in [0.25, 0.3) is 0 Å². The number of aldehydes is 2. The van der Waals surface area contributed by atoms with Crippen molar-refractivity contribution >= 4 is 44.0 Å². The van der Waals surface area contributed by atoms with Crippen LogP contribution in [0.5, 0.6) is 0 Å². The Balaban J connectivity index is 2.12. The van der Waals surface area contributed by atoms with Crippen molar-refractivity contribution in [1.82, 2.24) is 0 Å². The van der Waals surface area contributed by atoms with E-state index in [1.165, 1.54) is 12.1 Å². The SMILES string of the molecule is O=Cc1ccc2ccccc2c1S(=O)(=O)c1ccc2ccccc2c1C=O. The second kappa shape index (κ2) is 6.45. The Morgan fingerprint density at radius 1 is 0.630 bits per heavy atom. The molecule has 0 aliphatic heterocycles. The molecule has 132 valence electrons. The lowest BCUT2D eigenvalue weighted by atomic mass is 10.1. The van der Waals surface area contributed by atoms with Crippen LogP contribution in [0.1, 0.15) is 20.7 Å². The maximum atomic E-state index is 13.5. The lowest BCUT2D eigenvalue weighted by molar-refractivity contribution is 0.111. The predicted octanol–water partition coefficient (Wildman–Crippen LogP) is 4.45. The highest BCUT2D eigenvalue weighted by Gasteiger charge is 2.27. The molecule has 0 aliphatic carbocycles. The second-order valence-corrected chi connectivity index (χ2v) is 8.00. The highest BCUT2D eigenvalue weighted by molar-refractivity contribution is 7.92. The van der Waals surface area contributed by atoms with Crippen LogP contribution in [-0.4, -0.2) is 21.0 Å². The Labute approximate surface area is 156 Å². The number of sulfone groups is 1. The Bertz CT molecular complexity index is 1320. The molecule has 0 aliphatic rings. The fourth-order valence-corrected chi connectivity index (χ4v) is 5.21. The van der Waals surface area contributed by atoms with Crippen LogP contribution in [0.25, 0.3) is 21.5 Å². The molecular weight excluding hydrogens is 360 g/mol. The van der Waals surface area contributed by atoms with Crippen molar-refractivity contribution in [2.24, 2.45) is 0 Å². The fourth-order valence-electron chi connectivity index (χ4n) is 3.39. The normalized spacial score (nSPS) is 11.6. The molecule has 0 saturated heterocycles. The molecule has 0 aromatic heterocycles. The van der Waals surface area contributed by atoms with Gasteiger partial charge in [0, 0.05) is 16.5 Å². The first-order chi connectivity index (χ1) is 13.1. The van der Waals surface area contributed by atoms with Gasteiger partial charge in [-0.2, -0.15) is 0 Å². The summed E-state index contributed by atoms with van der Waals surface area (Å²) in [6.07, 6.45) is 1.09. The van der Waals surface area contributed by atoms with Gasteiger partial charge in [0.2, 0.25) is 9.84 Å². The van der Waals surface area contributed by atoms with E-state index in [4.69, 9.17) is 0 Å². The maximum Gasteiger partial charge on any atom is 0.208 e. The lowest BCUT2D eigenvalue weighted by Gasteiger charge is -2.13. The van der Waals surface area contributed by atoms with E-state index < -0.39 is 9.84 Å². The number of rotatable bonds is 4. The van der Waals surface area contributed by atoms with Crippen LogP contribution in [0.2, 0.25) is 0 Å². The molecule has 0 atom stereocenters. The average Bonchev–Trinajstić information content (AvgIpc) is 2.71. The molecule has 0 N–H and O–H groups in total. The molecule has 4 rings (SSSR count). The van der Waals surface area contributed by atoms with Crippen LogP contribution in [0, 0.1) is 0 Å². The number of benzene rings is 4. The fraction of sp³-hybridized carbons (Fsp3) is 0. The molecule has 4 aromatic carbocycles. The van der Waals surface area contributed by atoms with Crippen molar-refractivity contribution in [2.75, 3.05) is 0 Å². The third-order valence-corrected chi connectivity index (χ3v) is 6.57. The van der Waals surface area contributed by atoms with Gasteiger partial charge in [0.05, 0.1) is 9.79 Å². The van der Waals surface area contributed by atoms with Crippen LogP contribution in [0.3, 0.4) is 0 Å². The smallest absolute Gasteiger partial charge is 0.208 e. The second-order valence-electron chi connectivity index (χ2n) is 6.14. The minimum Gasteiger partial charge on any atom is -0.298 e. The third kappa shape index (κ3) is 2.64. The van der Waals surface area contributed by atoms with Crippen molar-refractivity contribution in [1.29, 1.82) is 0 Å². The molecule has 27 heavy (non-hydrogen) atoms. The Kier molecular flexibility index (Phi) is 4.09. The number of hydrogen-bond acceptors (Lipinski definition) is 4. The Hall–Kier alpha value is -3.31. The highest BCUT2D eigenvalue weighted by Crippen LogP contribution is 2.34. The molecule has 0 bridgehead atoms. The first-order valence-corrected chi connectivity index (χ1v) is 9.75. The van der Waals surface area contributed by atoms with Gasteiger partial charge in [0.1, 0.15) is 0 Å². The lowest BCUT2D eigenvalue weighted by Crippen LogP contribution is -2.09. The molecule has 0 spiro atoms. The molecular formula is C22H14O4S. The first-order valence-electron chi connectivity index (χ1n) is 8.27. The summed E-state index contributed by atoms with van der Waals surface area (Å²) in [5, 5.41) is 2.48. The van der Waals surface area contributed by atoms with Crippen LogP contribution in [-0.2, 0) is 9.84 Å². The molecule has 0 radical (unpaired) electrons. The van der Waals surface area contributed by atoms with E-state index in [-0.39, 0.29) is 20.9 Å². The van der Waals surface area contributed by atoms with Gasteiger partial charge in [-0.3, -0.25) is 9.59 Å². The first kappa shape index (κ1) is 17.1. The summed E-state index contributed by atoms with van der Waals surface area (Å²) in [6.45, 7) is 0. The van der Waals surface area contributed by atoms with Crippen LogP contribution < -0.4 is 0 Å². The van der Waals surface area contributed by atoms with E-state index in [1.54, 1.807) is 48.5 Å². The van der Waals surface area contributed by atoms with Crippen molar-refractivity contribution < 1.29 is 18.0 Å². The van der Waals surface area contributed by atoms with Crippen LogP contribution in [0.15, 0.2) is 82.6 Å². The maximum absolute atomic E-state index is 13.5. The molecule has 4 aromatic rings. The average molecular weight is 374 g/mol. The highest BCUT2D eigenvalue weighted by atomic mass is 32.2. The van der Waals surface area contributed by atoms with Crippen LogP contribution in [0.4, 0.5) is 0 Å². The Morgan fingerprint density at radius 3 is 1.89 bits per heavy atom. The van der Waals surface area contributed by atoms with Gasteiger partial charge in [-0.15, -0.1) is 0 Å². The summed E-state index contributed by atoms with van der Waals surface area (Å²) < 4.78 is 27.1. The van der Waals surface area contributed by atoms with Gasteiger partial charge in [0.15, 0.2) is 12.6 Å². The standard InChI is InChI=1S/C22H14O4S/c23-13-17-10-9-16-6-2-4-8-19(16)22(17)27(25,26)21-12-11-15-5-1-3-7-18(15)20(21)14-24/h1-14H. The predicted molar refractivity (Wildman–Crippen MR) is 104 cm³/mol. The quantitative estimate of drug-likeness (QED) is 0.495. The summed E-state index contributed by atoms with van der Waals surface area (Å²) in [5.41, 5.74) is 0.164. The van der Waals surface area contributed by atoms with Crippen molar-refractivity contribution in [3.8, 4) is 0 Å². The summed E-state index contributed by atoms with van der Waals surface area (Å²) in [6, 6.07) is 20.3. The number of carbonyl (C=O) groups excluding carboxylic acids is 2. The van der Waals surface area contributed by atoms with Gasteiger partial charge in [-0.05, 0) is 28.3 Å². The largest absolute Gasteiger partial charge is 0.298 e. The topological polar surface area (TPSA) is 68.3 Å². The monoisotopic (exact) mass is 374 g/mol. The number of hydrogen-bond donors (Lipinski definition) is 0. The molecule has 0 fully saturated rings. The van der Waals surface area contributed by atoms with E-state index in [0.29, 0.717) is 28.7 Å². The van der Waals surface area contributed by atoms with Gasteiger partial charge < -0.3 is 0 Å². The molecule has 0 unspecified atom stereocenters. The van der Waals surface area contributed by atoms with Gasteiger partial charge in [-0.1, -0.05) is 60.7 Å². The summed E-state index contributed by atoms with van der Waals surface area (Å²) in [5.74, 6) is 0. The molecule has 0 amide bonds. The van der Waals surface area contributed by atoms with E-state index >= 15 is 0 Å². The number of fused-ring (bicyclic) bond motifs is 2. The van der Waals surface area contributed by atoms with Crippen molar-refractivity contribution in [3.63, 3.8) is 0 Å². The zero-order valence-electron chi connectivity index (χ0n) is 14.1. The zero-order chi connectivity index (χ0) is 19.0. The van der Waals surface area contributed by atoms with E-state index in [2.05, 4.69) is 0 Å². The zero-order valence-corrected chi connectivity index (χ0v) is 14.9. The van der Waals surface area contributed by atoms with E-state index in [0.717, 1.165) is 5.39 Å². The molecule has 5 heteroatoms. The minimum absolute atomic E-state index is 0.0682. The van der Waals surface area contributed by atoms with Crippen molar-refractivity contribution in [3.05, 3.63) is 83.9 Å². The van der Waals surface area contributed by atoms with Crippen LogP contribution >= 0.6 is 0 Å². The van der Waals surface area contributed by atoms with E-state index in [1.807, 2.05) is 12.1 Å². The summed E-state index contributed by atoms with van der Waals surface area (Å²) in [4.78, 5) is 23.2. The minimum atomic E-state index is -4.11. The van der Waals surface area contributed by atoms with Gasteiger partial charge in [-0.25, -0.2) is 8.42 Å². The number of carbonyl (C=O) groups is 2. The van der Waals surface area contributed by atoms with Gasteiger partial charge >= 0.3 is 0 Å². The third-order valence-electron chi connectivity index (χ3n) is 4.64. The Morgan fingerprint density at radius 2 is 1.22 bits per heavy atom.